The molecule has 54 heavy (non-hydrogen) atoms. The van der Waals surface area contributed by atoms with Crippen molar-refractivity contribution in [3.05, 3.63) is 206 Å². The lowest BCUT2D eigenvalue weighted by Crippen LogP contribution is -1.94. The molecule has 0 aromatic heterocycles. The van der Waals surface area contributed by atoms with Crippen LogP contribution in [0, 0.1) is 0 Å². The normalized spacial score (nSPS) is 11.7. The van der Waals surface area contributed by atoms with Crippen molar-refractivity contribution in [2.45, 2.75) is 0 Å². The molecule has 0 heteroatoms. The molecule has 0 aliphatic carbocycles. The van der Waals surface area contributed by atoms with Crippen LogP contribution in [0.1, 0.15) is 0 Å². The molecule has 0 unspecified atom stereocenters. The van der Waals surface area contributed by atoms with Gasteiger partial charge in [0.05, 0.1) is 0 Å². The maximum Gasteiger partial charge on any atom is -0.00199 e. The molecule has 0 heterocycles. The molecule has 0 saturated heterocycles. The Morgan fingerprint density at radius 3 is 1.33 bits per heavy atom. The lowest BCUT2D eigenvalue weighted by atomic mass is 9.81. The van der Waals surface area contributed by atoms with Crippen LogP contribution in [0.2, 0.25) is 0 Å². The summed E-state index contributed by atoms with van der Waals surface area (Å²) in [5.74, 6) is 0. The minimum absolute atomic E-state index is 1.22. The van der Waals surface area contributed by atoms with Crippen LogP contribution in [0.4, 0.5) is 0 Å². The van der Waals surface area contributed by atoms with E-state index in [2.05, 4.69) is 206 Å². The zero-order chi connectivity index (χ0) is 35.6. The minimum atomic E-state index is 1.22. The number of fused-ring (bicyclic) bond motifs is 7. The lowest BCUT2D eigenvalue weighted by Gasteiger charge is -2.22. The summed E-state index contributed by atoms with van der Waals surface area (Å²) in [6, 6.07) is 76.2. The second-order valence-electron chi connectivity index (χ2n) is 14.3. The van der Waals surface area contributed by atoms with Gasteiger partial charge in [0.1, 0.15) is 0 Å². The summed E-state index contributed by atoms with van der Waals surface area (Å²) in [4.78, 5) is 0. The molecular formula is C54H34. The summed E-state index contributed by atoms with van der Waals surface area (Å²) in [5.41, 5.74) is 9.99. The van der Waals surface area contributed by atoms with Crippen LogP contribution >= 0.6 is 0 Å². The van der Waals surface area contributed by atoms with E-state index in [1.165, 1.54) is 109 Å². The van der Waals surface area contributed by atoms with Crippen LogP contribution < -0.4 is 0 Å². The second-order valence-corrected chi connectivity index (χ2v) is 14.3. The van der Waals surface area contributed by atoms with Crippen molar-refractivity contribution in [3.8, 4) is 44.5 Å². The monoisotopic (exact) mass is 682 g/mol. The highest BCUT2D eigenvalue weighted by atomic mass is 14.2. The van der Waals surface area contributed by atoms with E-state index < -0.39 is 0 Å². The highest BCUT2D eigenvalue weighted by molar-refractivity contribution is 6.26. The van der Waals surface area contributed by atoms with Crippen LogP contribution in [0.3, 0.4) is 0 Å². The largest absolute Gasteiger partial charge is 0.0616 e. The van der Waals surface area contributed by atoms with Gasteiger partial charge in [-0.2, -0.15) is 0 Å². The fraction of sp³-hybridized carbons (Fsp3) is 0. The molecule has 0 radical (unpaired) electrons. The summed E-state index contributed by atoms with van der Waals surface area (Å²) in [5, 5.41) is 15.1. The van der Waals surface area contributed by atoms with Gasteiger partial charge in [0.25, 0.3) is 0 Å². The Morgan fingerprint density at radius 2 is 0.630 bits per heavy atom. The van der Waals surface area contributed by atoms with Gasteiger partial charge in [-0.25, -0.2) is 0 Å². The van der Waals surface area contributed by atoms with Gasteiger partial charge in [0.2, 0.25) is 0 Å². The van der Waals surface area contributed by atoms with E-state index >= 15 is 0 Å². The highest BCUT2D eigenvalue weighted by Gasteiger charge is 2.22. The molecule has 0 spiro atoms. The molecular weight excluding hydrogens is 649 g/mol. The van der Waals surface area contributed by atoms with E-state index in [1.807, 2.05) is 0 Å². The SMILES string of the molecule is c1ccc(-c2cc3ccccc3c3ccccc23)c(-c2c3ccccc3c(-c3cccc4ccccc34)c3cc(-c4cccc5ccccc45)ccc23)c1. The molecule has 11 aromatic carbocycles. The van der Waals surface area contributed by atoms with Crippen LogP contribution in [-0.2, 0) is 0 Å². The number of benzene rings is 11. The van der Waals surface area contributed by atoms with E-state index in [0.29, 0.717) is 0 Å². The summed E-state index contributed by atoms with van der Waals surface area (Å²) in [6.45, 7) is 0. The van der Waals surface area contributed by atoms with Gasteiger partial charge >= 0.3 is 0 Å². The van der Waals surface area contributed by atoms with Crippen molar-refractivity contribution in [1.82, 2.24) is 0 Å². The molecule has 0 fully saturated rings. The summed E-state index contributed by atoms with van der Waals surface area (Å²) >= 11 is 0. The molecule has 0 nitrogen and oxygen atoms in total. The number of hydrogen-bond acceptors (Lipinski definition) is 0. The third kappa shape index (κ3) is 4.71. The summed E-state index contributed by atoms with van der Waals surface area (Å²) in [6.07, 6.45) is 0. The summed E-state index contributed by atoms with van der Waals surface area (Å²) < 4.78 is 0. The second kappa shape index (κ2) is 12.3. The van der Waals surface area contributed by atoms with E-state index in [4.69, 9.17) is 0 Å². The van der Waals surface area contributed by atoms with Gasteiger partial charge in [-0.05, 0) is 121 Å². The molecule has 0 amide bonds. The molecule has 250 valence electrons. The topological polar surface area (TPSA) is 0 Å². The fourth-order valence-corrected chi connectivity index (χ4v) is 9.06. The van der Waals surface area contributed by atoms with Gasteiger partial charge in [-0.15, -0.1) is 0 Å². The highest BCUT2D eigenvalue weighted by Crippen LogP contribution is 2.49. The van der Waals surface area contributed by atoms with E-state index in [1.54, 1.807) is 0 Å². The fourth-order valence-electron chi connectivity index (χ4n) is 9.06. The smallest absolute Gasteiger partial charge is 0.00199 e. The van der Waals surface area contributed by atoms with Crippen molar-refractivity contribution < 1.29 is 0 Å². The standard InChI is InChI=1S/C54H34/c1-4-20-39-35(15-1)18-13-29-41(39)38-31-32-50-52(34-38)54(46-30-14-19-36-16-2-5-21-40(36)46)49-28-12-11-27-48(49)53(50)47-26-10-9-25-45(47)51-33-37-17-3-6-22-42(37)43-23-7-8-24-44(43)51/h1-34H. The third-order valence-corrected chi connectivity index (χ3v) is 11.4. The molecule has 0 bridgehead atoms. The van der Waals surface area contributed by atoms with E-state index in [0.717, 1.165) is 0 Å². The molecule has 0 saturated carbocycles. The minimum Gasteiger partial charge on any atom is -0.0616 e. The molecule has 11 rings (SSSR count). The first kappa shape index (κ1) is 30.6. The Kier molecular flexibility index (Phi) is 6.97. The van der Waals surface area contributed by atoms with Gasteiger partial charge in [0, 0.05) is 0 Å². The van der Waals surface area contributed by atoms with Crippen molar-refractivity contribution in [1.29, 1.82) is 0 Å². The van der Waals surface area contributed by atoms with Crippen LogP contribution in [-0.4, -0.2) is 0 Å². The molecule has 0 N–H and O–H groups in total. The Bertz CT molecular complexity index is 3260. The Morgan fingerprint density at radius 1 is 0.185 bits per heavy atom. The average molecular weight is 683 g/mol. The van der Waals surface area contributed by atoms with Gasteiger partial charge in [-0.3, -0.25) is 0 Å². The van der Waals surface area contributed by atoms with Crippen LogP contribution in [0.15, 0.2) is 206 Å². The maximum absolute atomic E-state index is 2.46. The van der Waals surface area contributed by atoms with Gasteiger partial charge in [0.15, 0.2) is 0 Å². The number of rotatable bonds is 4. The first-order valence-electron chi connectivity index (χ1n) is 18.8. The molecule has 0 atom stereocenters. The first-order valence-corrected chi connectivity index (χ1v) is 18.8. The lowest BCUT2D eigenvalue weighted by molar-refractivity contribution is 1.63. The molecule has 0 aliphatic heterocycles. The van der Waals surface area contributed by atoms with Crippen molar-refractivity contribution >= 4 is 64.6 Å². The Balaban J connectivity index is 1.29. The van der Waals surface area contributed by atoms with Gasteiger partial charge < -0.3 is 0 Å². The average Bonchev–Trinajstić information content (AvgIpc) is 3.25. The third-order valence-electron chi connectivity index (χ3n) is 11.4. The van der Waals surface area contributed by atoms with Crippen molar-refractivity contribution in [2.75, 3.05) is 0 Å². The Hall–Kier alpha value is -7.02. The maximum atomic E-state index is 2.46. The van der Waals surface area contributed by atoms with Crippen molar-refractivity contribution in [2.24, 2.45) is 0 Å². The van der Waals surface area contributed by atoms with Crippen LogP contribution in [0.25, 0.3) is 109 Å². The first-order chi connectivity index (χ1) is 26.8. The Labute approximate surface area is 314 Å². The molecule has 0 aliphatic rings. The van der Waals surface area contributed by atoms with Crippen LogP contribution in [0.5, 0.6) is 0 Å². The summed E-state index contributed by atoms with van der Waals surface area (Å²) in [7, 11) is 0. The molecule has 11 aromatic rings. The zero-order valence-electron chi connectivity index (χ0n) is 29.6. The zero-order valence-corrected chi connectivity index (χ0v) is 29.6. The number of hydrogen-bond donors (Lipinski definition) is 0. The van der Waals surface area contributed by atoms with Gasteiger partial charge in [-0.1, -0.05) is 194 Å². The quantitative estimate of drug-likeness (QED) is 0.128. The van der Waals surface area contributed by atoms with E-state index in [-0.39, 0.29) is 0 Å². The van der Waals surface area contributed by atoms with Crippen molar-refractivity contribution in [3.63, 3.8) is 0 Å². The van der Waals surface area contributed by atoms with E-state index in [9.17, 15) is 0 Å². The predicted octanol–water partition coefficient (Wildman–Crippen LogP) is 15.3. The predicted molar refractivity (Wildman–Crippen MR) is 233 cm³/mol.